The van der Waals surface area contributed by atoms with Gasteiger partial charge in [-0.05, 0) is 86.8 Å². The van der Waals surface area contributed by atoms with Gasteiger partial charge in [-0.1, -0.05) is 0 Å². The first kappa shape index (κ1) is 17.8. The van der Waals surface area contributed by atoms with Gasteiger partial charge in [-0.3, -0.25) is 4.79 Å². The fraction of sp³-hybridized carbons (Fsp3) is 0.565. The third kappa shape index (κ3) is 3.21. The topological polar surface area (TPSA) is 68.5 Å². The first-order valence-corrected chi connectivity index (χ1v) is 10.5. The van der Waals surface area contributed by atoms with Crippen molar-refractivity contribution in [3.63, 3.8) is 0 Å². The molecule has 148 valence electrons. The van der Waals surface area contributed by atoms with E-state index in [1.165, 1.54) is 44.6 Å². The van der Waals surface area contributed by atoms with Gasteiger partial charge in [-0.2, -0.15) is 0 Å². The number of rotatable bonds is 5. The quantitative estimate of drug-likeness (QED) is 0.798. The molecule has 0 saturated heterocycles. The second kappa shape index (κ2) is 6.64. The summed E-state index contributed by atoms with van der Waals surface area (Å²) in [6.07, 6.45) is 8.02. The molecular weight excluding hydrogens is 354 g/mol. The fourth-order valence-corrected chi connectivity index (χ4v) is 6.42. The lowest BCUT2D eigenvalue weighted by Gasteiger charge is -2.59. The molecule has 1 atom stereocenters. The lowest BCUT2D eigenvalue weighted by molar-refractivity contribution is -0.127. The number of carbonyl (C=O) groups excluding carboxylic acids is 1. The minimum absolute atomic E-state index is 0.0285. The molecule has 1 heterocycles. The van der Waals surface area contributed by atoms with Gasteiger partial charge in [0.2, 0.25) is 0 Å². The molecule has 1 amide bonds. The standard InChI is InChI=1S/C23H27NO4/c1-14(23-10-15-6-16(11-23)8-17(7-15)12-23)24-21(25)13-27-19-4-2-18-3-5-22(26)28-20(18)9-19/h2-5,9,14-17H,6-8,10-13H2,1H3,(H,24,25)/t14-,15?,16?,17?,23?/m0/s1. The zero-order valence-electron chi connectivity index (χ0n) is 16.3. The van der Waals surface area contributed by atoms with Gasteiger partial charge in [0.15, 0.2) is 6.61 Å². The average molecular weight is 381 g/mol. The summed E-state index contributed by atoms with van der Waals surface area (Å²) in [5, 5.41) is 4.04. The molecular formula is C23H27NO4. The first-order chi connectivity index (χ1) is 13.5. The molecule has 0 aliphatic heterocycles. The molecule has 1 aromatic carbocycles. The number of hydrogen-bond donors (Lipinski definition) is 1. The van der Waals surface area contributed by atoms with Crippen LogP contribution < -0.4 is 15.7 Å². The van der Waals surface area contributed by atoms with Crippen LogP contribution in [-0.4, -0.2) is 18.6 Å². The number of ether oxygens (including phenoxy) is 1. The Morgan fingerprint density at radius 2 is 1.79 bits per heavy atom. The van der Waals surface area contributed by atoms with Crippen molar-refractivity contribution >= 4 is 16.9 Å². The highest BCUT2D eigenvalue weighted by molar-refractivity contribution is 5.79. The van der Waals surface area contributed by atoms with Crippen molar-refractivity contribution in [1.82, 2.24) is 5.32 Å². The van der Waals surface area contributed by atoms with Crippen LogP contribution in [0.15, 0.2) is 39.5 Å². The molecule has 1 aromatic heterocycles. The Bertz CT molecular complexity index is 927. The number of carbonyl (C=O) groups is 1. The summed E-state index contributed by atoms with van der Waals surface area (Å²) >= 11 is 0. The maximum absolute atomic E-state index is 12.5. The van der Waals surface area contributed by atoms with Gasteiger partial charge in [0.05, 0.1) is 0 Å². The van der Waals surface area contributed by atoms with Crippen LogP contribution in [0.3, 0.4) is 0 Å². The summed E-state index contributed by atoms with van der Waals surface area (Å²) in [7, 11) is 0. The highest BCUT2D eigenvalue weighted by atomic mass is 16.5. The maximum atomic E-state index is 12.5. The van der Waals surface area contributed by atoms with E-state index in [-0.39, 0.29) is 24.0 Å². The third-order valence-corrected chi connectivity index (χ3v) is 7.35. The Balaban J connectivity index is 1.21. The number of amides is 1. The van der Waals surface area contributed by atoms with E-state index >= 15 is 0 Å². The molecule has 6 rings (SSSR count). The van der Waals surface area contributed by atoms with Crippen LogP contribution in [-0.2, 0) is 4.79 Å². The van der Waals surface area contributed by atoms with Crippen LogP contribution in [0.2, 0.25) is 0 Å². The molecule has 2 aromatic rings. The van der Waals surface area contributed by atoms with Crippen molar-refractivity contribution in [1.29, 1.82) is 0 Å². The van der Waals surface area contributed by atoms with Gasteiger partial charge in [0.1, 0.15) is 11.3 Å². The van der Waals surface area contributed by atoms with Gasteiger partial charge in [0, 0.05) is 23.6 Å². The minimum atomic E-state index is -0.396. The summed E-state index contributed by atoms with van der Waals surface area (Å²) in [5.41, 5.74) is 0.357. The van der Waals surface area contributed by atoms with Crippen LogP contribution in [0, 0.1) is 23.2 Å². The molecule has 0 radical (unpaired) electrons. The van der Waals surface area contributed by atoms with Crippen LogP contribution in [0.25, 0.3) is 11.0 Å². The van der Waals surface area contributed by atoms with Crippen molar-refractivity contribution in [3.05, 3.63) is 40.8 Å². The predicted octanol–water partition coefficient (Wildman–Crippen LogP) is 3.89. The smallest absolute Gasteiger partial charge is 0.336 e. The van der Waals surface area contributed by atoms with Crippen molar-refractivity contribution in [2.45, 2.75) is 51.5 Å². The lowest BCUT2D eigenvalue weighted by Crippen LogP contribution is -2.56. The Morgan fingerprint density at radius 3 is 2.46 bits per heavy atom. The minimum Gasteiger partial charge on any atom is -0.484 e. The van der Waals surface area contributed by atoms with Gasteiger partial charge >= 0.3 is 5.63 Å². The zero-order valence-corrected chi connectivity index (χ0v) is 16.3. The van der Waals surface area contributed by atoms with E-state index in [2.05, 4.69) is 12.2 Å². The van der Waals surface area contributed by atoms with E-state index in [1.807, 2.05) is 6.07 Å². The van der Waals surface area contributed by atoms with Crippen LogP contribution in [0.1, 0.15) is 45.4 Å². The van der Waals surface area contributed by atoms with Crippen molar-refractivity contribution in [2.75, 3.05) is 6.61 Å². The Morgan fingerprint density at radius 1 is 1.14 bits per heavy atom. The highest BCUT2D eigenvalue weighted by Gasteiger charge is 2.53. The monoisotopic (exact) mass is 381 g/mol. The van der Waals surface area contributed by atoms with E-state index in [4.69, 9.17) is 9.15 Å². The van der Waals surface area contributed by atoms with Gasteiger partial charge in [-0.25, -0.2) is 4.79 Å². The molecule has 28 heavy (non-hydrogen) atoms. The largest absolute Gasteiger partial charge is 0.484 e. The highest BCUT2D eigenvalue weighted by Crippen LogP contribution is 2.61. The van der Waals surface area contributed by atoms with Gasteiger partial charge in [0.25, 0.3) is 5.91 Å². The Hall–Kier alpha value is -2.30. The molecule has 5 nitrogen and oxygen atoms in total. The van der Waals surface area contributed by atoms with E-state index in [0.29, 0.717) is 11.3 Å². The summed E-state index contributed by atoms with van der Waals surface area (Å²) in [6, 6.07) is 8.56. The second-order valence-electron chi connectivity index (χ2n) is 9.31. The van der Waals surface area contributed by atoms with E-state index in [0.717, 1.165) is 23.1 Å². The fourth-order valence-electron chi connectivity index (χ4n) is 6.42. The molecule has 4 bridgehead atoms. The van der Waals surface area contributed by atoms with E-state index < -0.39 is 5.63 Å². The normalized spacial score (nSPS) is 31.7. The first-order valence-electron chi connectivity index (χ1n) is 10.5. The zero-order chi connectivity index (χ0) is 19.3. The molecule has 1 N–H and O–H groups in total. The average Bonchev–Trinajstić information content (AvgIpc) is 2.65. The van der Waals surface area contributed by atoms with Gasteiger partial charge < -0.3 is 14.5 Å². The molecule has 4 saturated carbocycles. The summed E-state index contributed by atoms with van der Waals surface area (Å²) in [4.78, 5) is 23.9. The SMILES string of the molecule is C[C@H](NC(=O)COc1ccc2ccc(=O)oc2c1)C12CC3CC(CC(C3)C1)C2. The molecule has 4 fully saturated rings. The summed E-state index contributed by atoms with van der Waals surface area (Å²) in [6.45, 7) is 2.15. The molecule has 0 unspecified atom stereocenters. The number of benzene rings is 1. The van der Waals surface area contributed by atoms with Crippen molar-refractivity contribution < 1.29 is 13.9 Å². The molecule has 4 aliphatic carbocycles. The van der Waals surface area contributed by atoms with Gasteiger partial charge in [-0.15, -0.1) is 0 Å². The Labute approximate surface area is 164 Å². The maximum Gasteiger partial charge on any atom is 0.336 e. The number of fused-ring (bicyclic) bond motifs is 1. The second-order valence-corrected chi connectivity index (χ2v) is 9.31. The molecule has 4 aliphatic rings. The molecule has 0 spiro atoms. The summed E-state index contributed by atoms with van der Waals surface area (Å²) in [5.74, 6) is 3.05. The predicted molar refractivity (Wildman–Crippen MR) is 106 cm³/mol. The van der Waals surface area contributed by atoms with Crippen molar-refractivity contribution in [2.24, 2.45) is 23.2 Å². The Kier molecular flexibility index (Phi) is 4.22. The van der Waals surface area contributed by atoms with Crippen LogP contribution in [0.4, 0.5) is 0 Å². The molecule has 5 heteroatoms. The van der Waals surface area contributed by atoms with E-state index in [9.17, 15) is 9.59 Å². The van der Waals surface area contributed by atoms with Crippen molar-refractivity contribution in [3.8, 4) is 5.75 Å². The number of hydrogen-bond acceptors (Lipinski definition) is 4. The van der Waals surface area contributed by atoms with Crippen LogP contribution >= 0.6 is 0 Å². The lowest BCUT2D eigenvalue weighted by atomic mass is 9.48. The van der Waals surface area contributed by atoms with Crippen LogP contribution in [0.5, 0.6) is 5.75 Å². The third-order valence-electron chi connectivity index (χ3n) is 7.35. The number of nitrogens with one attached hydrogen (secondary N) is 1. The van der Waals surface area contributed by atoms with E-state index in [1.54, 1.807) is 18.2 Å². The summed E-state index contributed by atoms with van der Waals surface area (Å²) < 4.78 is 10.8.